The summed E-state index contributed by atoms with van der Waals surface area (Å²) in [4.78, 5) is 18.0. The normalized spacial score (nSPS) is 15.9. The van der Waals surface area contributed by atoms with E-state index in [4.69, 9.17) is 0 Å². The third-order valence-electron chi connectivity index (χ3n) is 2.67. The summed E-state index contributed by atoms with van der Waals surface area (Å²) in [6, 6.07) is 3.62. The van der Waals surface area contributed by atoms with E-state index in [1.165, 1.54) is 0 Å². The van der Waals surface area contributed by atoms with Gasteiger partial charge in [0.05, 0.1) is 5.56 Å². The van der Waals surface area contributed by atoms with Gasteiger partial charge in [-0.2, -0.15) is 0 Å². The average molecular weight is 220 g/mol. The number of carbonyl (C=O) groups is 1. The second-order valence-corrected chi connectivity index (χ2v) is 3.72. The molecule has 0 radical (unpaired) electrons. The van der Waals surface area contributed by atoms with Gasteiger partial charge in [-0.1, -0.05) is 0 Å². The highest BCUT2D eigenvalue weighted by Gasteiger charge is 2.17. The number of piperazine rings is 1. The Balaban J connectivity index is 2.07. The molecule has 1 fully saturated rings. The van der Waals surface area contributed by atoms with Crippen molar-refractivity contribution in [1.82, 2.24) is 15.2 Å². The van der Waals surface area contributed by atoms with Crippen LogP contribution in [0.15, 0.2) is 18.3 Å². The molecule has 16 heavy (non-hydrogen) atoms. The lowest BCUT2D eigenvalue weighted by molar-refractivity contribution is 0.0735. The van der Waals surface area contributed by atoms with Crippen molar-refractivity contribution in [3.8, 4) is 0 Å². The Hall–Kier alpha value is -1.62. The van der Waals surface area contributed by atoms with Gasteiger partial charge in [0.15, 0.2) is 0 Å². The molecule has 86 valence electrons. The molecular weight excluding hydrogens is 204 g/mol. The van der Waals surface area contributed by atoms with Crippen molar-refractivity contribution in [3.05, 3.63) is 23.9 Å². The zero-order valence-electron chi connectivity index (χ0n) is 9.36. The third kappa shape index (κ3) is 2.30. The fourth-order valence-corrected chi connectivity index (χ4v) is 1.72. The van der Waals surface area contributed by atoms with Crippen LogP contribution in [0.5, 0.6) is 0 Å². The van der Waals surface area contributed by atoms with Crippen LogP contribution >= 0.6 is 0 Å². The lowest BCUT2D eigenvalue weighted by Gasteiger charge is -2.27. The smallest absolute Gasteiger partial charge is 0.255 e. The van der Waals surface area contributed by atoms with E-state index in [2.05, 4.69) is 15.6 Å². The van der Waals surface area contributed by atoms with Crippen LogP contribution in [0.3, 0.4) is 0 Å². The van der Waals surface area contributed by atoms with Gasteiger partial charge in [0, 0.05) is 39.4 Å². The fraction of sp³-hybridized carbons (Fsp3) is 0.455. The predicted octanol–water partition coefficient (Wildman–Crippen LogP) is 0.169. The Morgan fingerprint density at radius 2 is 2.19 bits per heavy atom. The first-order valence-corrected chi connectivity index (χ1v) is 5.45. The Morgan fingerprint density at radius 3 is 2.75 bits per heavy atom. The van der Waals surface area contributed by atoms with Gasteiger partial charge in [-0.25, -0.2) is 4.98 Å². The highest BCUT2D eigenvalue weighted by Crippen LogP contribution is 2.08. The number of nitrogens with one attached hydrogen (secondary N) is 2. The molecule has 1 aliphatic rings. The average Bonchev–Trinajstić information content (AvgIpc) is 2.39. The molecule has 1 saturated heterocycles. The molecule has 0 aromatic carbocycles. The number of carbonyl (C=O) groups excluding carboxylic acids is 1. The Kier molecular flexibility index (Phi) is 3.36. The first-order chi connectivity index (χ1) is 7.81. The van der Waals surface area contributed by atoms with Crippen molar-refractivity contribution in [2.24, 2.45) is 0 Å². The summed E-state index contributed by atoms with van der Waals surface area (Å²) < 4.78 is 0. The van der Waals surface area contributed by atoms with Crippen molar-refractivity contribution >= 4 is 11.7 Å². The first kappa shape index (κ1) is 10.9. The number of pyridine rings is 1. The van der Waals surface area contributed by atoms with Crippen LogP contribution in [-0.4, -0.2) is 49.0 Å². The molecular formula is C11H16N4O. The van der Waals surface area contributed by atoms with Crippen LogP contribution in [0.25, 0.3) is 0 Å². The standard InChI is InChI=1S/C11H16N4O/c1-12-10-3-2-9(8-14-10)11(16)15-6-4-13-5-7-15/h2-3,8,13H,4-7H2,1H3,(H,12,14). The molecule has 0 aliphatic carbocycles. The van der Waals surface area contributed by atoms with Crippen molar-refractivity contribution in [2.45, 2.75) is 0 Å². The van der Waals surface area contributed by atoms with Gasteiger partial charge >= 0.3 is 0 Å². The van der Waals surface area contributed by atoms with E-state index in [0.717, 1.165) is 32.0 Å². The molecule has 2 N–H and O–H groups in total. The summed E-state index contributed by atoms with van der Waals surface area (Å²) >= 11 is 0. The SMILES string of the molecule is CNc1ccc(C(=O)N2CCNCC2)cn1. The van der Waals surface area contributed by atoms with Crippen LogP contribution in [-0.2, 0) is 0 Å². The van der Waals surface area contributed by atoms with Crippen molar-refractivity contribution in [1.29, 1.82) is 0 Å². The van der Waals surface area contributed by atoms with Crippen molar-refractivity contribution < 1.29 is 4.79 Å². The molecule has 5 nitrogen and oxygen atoms in total. The van der Waals surface area contributed by atoms with Crippen LogP contribution in [0.4, 0.5) is 5.82 Å². The molecule has 1 amide bonds. The lowest BCUT2D eigenvalue weighted by atomic mass is 10.2. The van der Waals surface area contributed by atoms with Gasteiger partial charge in [0.25, 0.3) is 5.91 Å². The maximum atomic E-state index is 12.0. The molecule has 1 aromatic rings. The largest absolute Gasteiger partial charge is 0.373 e. The summed E-state index contributed by atoms with van der Waals surface area (Å²) in [5.74, 6) is 0.841. The predicted molar refractivity (Wildman–Crippen MR) is 62.6 cm³/mol. The number of anilines is 1. The van der Waals surface area contributed by atoms with Gasteiger partial charge in [0.1, 0.15) is 5.82 Å². The van der Waals surface area contributed by atoms with Crippen LogP contribution in [0, 0.1) is 0 Å². The Bertz CT molecular complexity index is 357. The molecule has 1 aromatic heterocycles. The quantitative estimate of drug-likeness (QED) is 0.746. The maximum absolute atomic E-state index is 12.0. The van der Waals surface area contributed by atoms with Crippen molar-refractivity contribution in [3.63, 3.8) is 0 Å². The molecule has 0 unspecified atom stereocenters. The van der Waals surface area contributed by atoms with E-state index in [9.17, 15) is 4.79 Å². The molecule has 0 spiro atoms. The second kappa shape index (κ2) is 4.94. The number of nitrogens with zero attached hydrogens (tertiary/aromatic N) is 2. The Morgan fingerprint density at radius 1 is 1.44 bits per heavy atom. The number of rotatable bonds is 2. The molecule has 2 heterocycles. The third-order valence-corrected chi connectivity index (χ3v) is 2.67. The molecule has 2 rings (SSSR count). The van der Waals surface area contributed by atoms with Gasteiger partial charge in [-0.15, -0.1) is 0 Å². The van der Waals surface area contributed by atoms with Crippen LogP contribution in [0.2, 0.25) is 0 Å². The van der Waals surface area contributed by atoms with Gasteiger partial charge in [-0.3, -0.25) is 4.79 Å². The summed E-state index contributed by atoms with van der Waals surface area (Å²) in [6.45, 7) is 3.28. The number of aromatic nitrogens is 1. The van der Waals surface area contributed by atoms with E-state index >= 15 is 0 Å². The monoisotopic (exact) mass is 220 g/mol. The molecule has 0 bridgehead atoms. The van der Waals surface area contributed by atoms with Gasteiger partial charge in [0.2, 0.25) is 0 Å². The highest BCUT2D eigenvalue weighted by atomic mass is 16.2. The fourth-order valence-electron chi connectivity index (χ4n) is 1.72. The number of amides is 1. The lowest BCUT2D eigenvalue weighted by Crippen LogP contribution is -2.46. The van der Waals surface area contributed by atoms with Gasteiger partial charge in [-0.05, 0) is 12.1 Å². The van der Waals surface area contributed by atoms with E-state index < -0.39 is 0 Å². The Labute approximate surface area is 94.9 Å². The minimum atomic E-state index is 0.0663. The summed E-state index contributed by atoms with van der Waals surface area (Å²) in [5, 5.41) is 6.15. The van der Waals surface area contributed by atoms with Crippen LogP contribution in [0.1, 0.15) is 10.4 Å². The summed E-state index contributed by atoms with van der Waals surface area (Å²) in [7, 11) is 1.81. The highest BCUT2D eigenvalue weighted by molar-refractivity contribution is 5.94. The number of hydrogen-bond acceptors (Lipinski definition) is 4. The minimum Gasteiger partial charge on any atom is -0.373 e. The van der Waals surface area contributed by atoms with E-state index in [-0.39, 0.29) is 5.91 Å². The summed E-state index contributed by atoms with van der Waals surface area (Å²) in [5.41, 5.74) is 0.654. The van der Waals surface area contributed by atoms with E-state index in [1.54, 1.807) is 13.2 Å². The second-order valence-electron chi connectivity index (χ2n) is 3.72. The number of hydrogen-bond donors (Lipinski definition) is 2. The zero-order chi connectivity index (χ0) is 11.4. The van der Waals surface area contributed by atoms with Gasteiger partial charge < -0.3 is 15.5 Å². The van der Waals surface area contributed by atoms with E-state index in [0.29, 0.717) is 5.56 Å². The summed E-state index contributed by atoms with van der Waals surface area (Å²) in [6.07, 6.45) is 1.62. The molecule has 0 saturated carbocycles. The van der Waals surface area contributed by atoms with E-state index in [1.807, 2.05) is 17.0 Å². The zero-order valence-corrected chi connectivity index (χ0v) is 9.36. The molecule has 0 atom stereocenters. The minimum absolute atomic E-state index is 0.0663. The maximum Gasteiger partial charge on any atom is 0.255 e. The van der Waals surface area contributed by atoms with Crippen LogP contribution < -0.4 is 10.6 Å². The van der Waals surface area contributed by atoms with Crippen molar-refractivity contribution in [2.75, 3.05) is 38.5 Å². The molecule has 5 heteroatoms. The first-order valence-electron chi connectivity index (χ1n) is 5.45. The topological polar surface area (TPSA) is 57.3 Å². The molecule has 1 aliphatic heterocycles.